The highest BCUT2D eigenvalue weighted by Crippen LogP contribution is 2.29. The minimum absolute atomic E-state index is 0.151. The molecule has 3 rings (SSSR count). The molecule has 1 heterocycles. The van der Waals surface area contributed by atoms with E-state index in [1.807, 2.05) is 0 Å². The molecule has 0 unspecified atom stereocenters. The van der Waals surface area contributed by atoms with E-state index in [0.29, 0.717) is 5.56 Å². The van der Waals surface area contributed by atoms with E-state index in [9.17, 15) is 27.2 Å². The molecular weight excluding hydrogens is 376 g/mol. The normalized spacial score (nSPS) is 11.3. The lowest BCUT2D eigenvalue weighted by Crippen LogP contribution is -2.25. The predicted octanol–water partition coefficient (Wildman–Crippen LogP) is 3.93. The van der Waals surface area contributed by atoms with Gasteiger partial charge in [-0.1, -0.05) is 12.1 Å². The number of alkyl halides is 3. The van der Waals surface area contributed by atoms with E-state index < -0.39 is 29.0 Å². The number of halogens is 4. The van der Waals surface area contributed by atoms with Crippen LogP contribution in [0.3, 0.4) is 0 Å². The standard InChI is InChI=1S/C20H14F4N2O2/c21-16-6-1-13(2-7-16)11-25-19(28)14-3-10-18(27)26(12-14)17-8-4-15(5-9-17)20(22,23)24/h1-10,12H,11H2,(H,25,28). The molecule has 1 amide bonds. The van der Waals surface area contributed by atoms with Crippen molar-refractivity contribution in [2.24, 2.45) is 0 Å². The van der Waals surface area contributed by atoms with Gasteiger partial charge in [0.2, 0.25) is 0 Å². The second kappa shape index (κ2) is 7.67. The number of aromatic nitrogens is 1. The number of nitrogens with one attached hydrogen (secondary N) is 1. The Morgan fingerprint density at radius 3 is 2.18 bits per heavy atom. The first-order valence-electron chi connectivity index (χ1n) is 8.17. The fraction of sp³-hybridized carbons (Fsp3) is 0.100. The van der Waals surface area contributed by atoms with E-state index >= 15 is 0 Å². The van der Waals surface area contributed by atoms with Crippen molar-refractivity contribution >= 4 is 5.91 Å². The average molecular weight is 390 g/mol. The second-order valence-electron chi connectivity index (χ2n) is 5.98. The number of carbonyl (C=O) groups is 1. The van der Waals surface area contributed by atoms with Crippen molar-refractivity contribution < 1.29 is 22.4 Å². The zero-order valence-electron chi connectivity index (χ0n) is 14.3. The molecule has 2 aromatic carbocycles. The molecule has 1 N–H and O–H groups in total. The minimum Gasteiger partial charge on any atom is -0.348 e. The molecule has 0 aliphatic carbocycles. The highest BCUT2D eigenvalue weighted by atomic mass is 19.4. The van der Waals surface area contributed by atoms with Crippen LogP contribution in [-0.4, -0.2) is 10.5 Å². The van der Waals surface area contributed by atoms with Crippen LogP contribution in [0, 0.1) is 5.82 Å². The maximum Gasteiger partial charge on any atom is 0.416 e. The summed E-state index contributed by atoms with van der Waals surface area (Å²) >= 11 is 0. The van der Waals surface area contributed by atoms with Gasteiger partial charge in [0, 0.05) is 24.5 Å². The van der Waals surface area contributed by atoms with Crippen molar-refractivity contribution in [2.75, 3.05) is 0 Å². The topological polar surface area (TPSA) is 51.1 Å². The summed E-state index contributed by atoms with van der Waals surface area (Å²) in [5, 5.41) is 2.64. The summed E-state index contributed by atoms with van der Waals surface area (Å²) in [4.78, 5) is 24.4. The molecule has 0 bridgehead atoms. The Balaban J connectivity index is 1.79. The Kier molecular flexibility index (Phi) is 5.30. The lowest BCUT2D eigenvalue weighted by molar-refractivity contribution is -0.137. The number of hydrogen-bond donors (Lipinski definition) is 1. The highest BCUT2D eigenvalue weighted by Gasteiger charge is 2.30. The molecule has 0 saturated heterocycles. The van der Waals surface area contributed by atoms with Gasteiger partial charge in [0.15, 0.2) is 0 Å². The number of hydrogen-bond acceptors (Lipinski definition) is 2. The summed E-state index contributed by atoms with van der Waals surface area (Å²) in [5.41, 5.74) is -0.286. The minimum atomic E-state index is -4.48. The van der Waals surface area contributed by atoms with Gasteiger partial charge in [-0.05, 0) is 48.0 Å². The Bertz CT molecular complexity index is 1040. The van der Waals surface area contributed by atoms with E-state index in [2.05, 4.69) is 5.32 Å². The lowest BCUT2D eigenvalue weighted by atomic mass is 10.2. The maximum atomic E-state index is 12.9. The third-order valence-corrected chi connectivity index (χ3v) is 4.01. The van der Waals surface area contributed by atoms with Gasteiger partial charge in [-0.25, -0.2) is 4.39 Å². The number of nitrogens with zero attached hydrogens (tertiary/aromatic N) is 1. The van der Waals surface area contributed by atoms with Crippen LogP contribution < -0.4 is 10.9 Å². The Labute approximate surface area is 157 Å². The van der Waals surface area contributed by atoms with Crippen LogP contribution in [0.15, 0.2) is 71.7 Å². The number of benzene rings is 2. The molecule has 1 aromatic heterocycles. The fourth-order valence-electron chi connectivity index (χ4n) is 2.52. The van der Waals surface area contributed by atoms with Gasteiger partial charge in [0.05, 0.1) is 11.1 Å². The first-order chi connectivity index (χ1) is 13.2. The van der Waals surface area contributed by atoms with E-state index in [1.165, 1.54) is 36.5 Å². The molecule has 144 valence electrons. The molecule has 0 spiro atoms. The summed E-state index contributed by atoms with van der Waals surface area (Å²) in [6.45, 7) is 0.151. The van der Waals surface area contributed by atoms with Crippen molar-refractivity contribution in [2.45, 2.75) is 12.7 Å². The van der Waals surface area contributed by atoms with Crippen LogP contribution in [0.5, 0.6) is 0 Å². The first-order valence-corrected chi connectivity index (χ1v) is 8.17. The van der Waals surface area contributed by atoms with Crippen LogP contribution in [-0.2, 0) is 12.7 Å². The van der Waals surface area contributed by atoms with Gasteiger partial charge in [0.25, 0.3) is 11.5 Å². The Hall–Kier alpha value is -3.42. The van der Waals surface area contributed by atoms with Gasteiger partial charge in [-0.15, -0.1) is 0 Å². The van der Waals surface area contributed by atoms with Crippen molar-refractivity contribution in [3.8, 4) is 5.69 Å². The zero-order chi connectivity index (χ0) is 20.3. The average Bonchev–Trinajstić information content (AvgIpc) is 2.67. The molecule has 0 aliphatic rings. The molecule has 0 aliphatic heterocycles. The van der Waals surface area contributed by atoms with Gasteiger partial charge < -0.3 is 5.32 Å². The summed E-state index contributed by atoms with van der Waals surface area (Å²) < 4.78 is 52.0. The Morgan fingerprint density at radius 1 is 0.929 bits per heavy atom. The summed E-state index contributed by atoms with van der Waals surface area (Å²) in [6, 6.07) is 12.1. The number of pyridine rings is 1. The van der Waals surface area contributed by atoms with Crippen LogP contribution >= 0.6 is 0 Å². The van der Waals surface area contributed by atoms with Gasteiger partial charge in [0.1, 0.15) is 5.82 Å². The molecule has 8 heteroatoms. The molecular formula is C20H14F4N2O2. The Morgan fingerprint density at radius 2 is 1.57 bits per heavy atom. The quantitative estimate of drug-likeness (QED) is 0.687. The van der Waals surface area contributed by atoms with Crippen molar-refractivity contribution in [1.82, 2.24) is 9.88 Å². The molecule has 0 fully saturated rings. The molecule has 4 nitrogen and oxygen atoms in total. The third-order valence-electron chi connectivity index (χ3n) is 4.01. The van der Waals surface area contributed by atoms with Crippen LogP contribution in [0.2, 0.25) is 0 Å². The first kappa shape index (κ1) is 19.3. The monoisotopic (exact) mass is 390 g/mol. The molecule has 3 aromatic rings. The van der Waals surface area contributed by atoms with Crippen molar-refractivity contribution in [3.05, 3.63) is 99.7 Å². The van der Waals surface area contributed by atoms with Crippen LogP contribution in [0.4, 0.5) is 17.6 Å². The third kappa shape index (κ3) is 4.46. The van der Waals surface area contributed by atoms with E-state index in [1.54, 1.807) is 0 Å². The number of carbonyl (C=O) groups excluding carboxylic acids is 1. The number of rotatable bonds is 4. The van der Waals surface area contributed by atoms with Crippen LogP contribution in [0.25, 0.3) is 5.69 Å². The molecule has 28 heavy (non-hydrogen) atoms. The molecule has 0 saturated carbocycles. The van der Waals surface area contributed by atoms with Crippen LogP contribution in [0.1, 0.15) is 21.5 Å². The van der Waals surface area contributed by atoms with Crippen molar-refractivity contribution in [3.63, 3.8) is 0 Å². The highest BCUT2D eigenvalue weighted by molar-refractivity contribution is 5.93. The maximum absolute atomic E-state index is 12.9. The fourth-order valence-corrected chi connectivity index (χ4v) is 2.52. The van der Waals surface area contributed by atoms with Gasteiger partial charge >= 0.3 is 6.18 Å². The van der Waals surface area contributed by atoms with E-state index in [-0.39, 0.29) is 17.8 Å². The largest absolute Gasteiger partial charge is 0.416 e. The summed E-state index contributed by atoms with van der Waals surface area (Å²) in [6.07, 6.45) is -3.23. The lowest BCUT2D eigenvalue weighted by Gasteiger charge is -2.11. The van der Waals surface area contributed by atoms with E-state index in [4.69, 9.17) is 0 Å². The molecule has 0 atom stereocenters. The smallest absolute Gasteiger partial charge is 0.348 e. The van der Waals surface area contributed by atoms with Gasteiger partial charge in [-0.3, -0.25) is 14.2 Å². The molecule has 0 radical (unpaired) electrons. The van der Waals surface area contributed by atoms with Crippen molar-refractivity contribution in [1.29, 1.82) is 0 Å². The SMILES string of the molecule is O=C(NCc1ccc(F)cc1)c1ccc(=O)n(-c2ccc(C(F)(F)F)cc2)c1. The second-order valence-corrected chi connectivity index (χ2v) is 5.98. The van der Waals surface area contributed by atoms with Gasteiger partial charge in [-0.2, -0.15) is 13.2 Å². The summed E-state index contributed by atoms with van der Waals surface area (Å²) in [7, 11) is 0. The predicted molar refractivity (Wildman–Crippen MR) is 94.6 cm³/mol. The van der Waals surface area contributed by atoms with E-state index in [0.717, 1.165) is 34.9 Å². The number of amides is 1. The zero-order valence-corrected chi connectivity index (χ0v) is 14.3. The summed E-state index contributed by atoms with van der Waals surface area (Å²) in [5.74, 6) is -0.872.